The zero-order valence-electron chi connectivity index (χ0n) is 16.8. The first-order valence-electron chi connectivity index (χ1n) is 9.76. The van der Waals surface area contributed by atoms with Gasteiger partial charge in [0, 0.05) is 23.9 Å². The lowest BCUT2D eigenvalue weighted by molar-refractivity contribution is -0.137. The van der Waals surface area contributed by atoms with Crippen molar-refractivity contribution in [3.8, 4) is 5.75 Å². The Balaban J connectivity index is 1.77. The highest BCUT2D eigenvalue weighted by molar-refractivity contribution is 7.92. The number of amides is 1. The number of carbonyl (C=O) groups excluding carboxylic acids is 1. The predicted molar refractivity (Wildman–Crippen MR) is 110 cm³/mol. The largest absolute Gasteiger partial charge is 0.495 e. The van der Waals surface area contributed by atoms with Crippen LogP contribution in [0.2, 0.25) is 0 Å². The lowest BCUT2D eigenvalue weighted by Gasteiger charge is -2.15. The molecule has 1 aliphatic rings. The first kappa shape index (κ1) is 22.9. The van der Waals surface area contributed by atoms with Gasteiger partial charge in [-0.3, -0.25) is 9.52 Å². The maximum absolute atomic E-state index is 12.9. The topological polar surface area (TPSA) is 84.5 Å². The Kier molecular flexibility index (Phi) is 6.78. The van der Waals surface area contributed by atoms with E-state index >= 15 is 0 Å². The molecule has 1 aliphatic carbocycles. The van der Waals surface area contributed by atoms with Crippen molar-refractivity contribution in [2.75, 3.05) is 17.1 Å². The number of ether oxygens (including phenoxy) is 1. The van der Waals surface area contributed by atoms with E-state index in [1.165, 1.54) is 31.4 Å². The molecule has 168 valence electrons. The van der Waals surface area contributed by atoms with Crippen LogP contribution in [0.5, 0.6) is 5.75 Å². The van der Waals surface area contributed by atoms with Crippen molar-refractivity contribution < 1.29 is 31.1 Å². The highest BCUT2D eigenvalue weighted by atomic mass is 32.2. The minimum Gasteiger partial charge on any atom is -0.495 e. The van der Waals surface area contributed by atoms with Gasteiger partial charge in [-0.05, 0) is 49.1 Å². The molecule has 0 unspecified atom stereocenters. The SMILES string of the molecule is COc1cc(NC(=O)CC2CCCC2)ccc1S(=O)(=O)Nc1cccc(C(F)(F)F)c1. The Hall–Kier alpha value is -2.75. The molecule has 0 radical (unpaired) electrons. The van der Waals surface area contributed by atoms with Crippen molar-refractivity contribution in [1.82, 2.24) is 0 Å². The Labute approximate surface area is 178 Å². The van der Waals surface area contributed by atoms with Crippen LogP contribution < -0.4 is 14.8 Å². The van der Waals surface area contributed by atoms with Crippen LogP contribution in [0.1, 0.15) is 37.7 Å². The maximum atomic E-state index is 12.9. The number of hydrogen-bond donors (Lipinski definition) is 2. The molecule has 3 rings (SSSR count). The van der Waals surface area contributed by atoms with E-state index in [0.717, 1.165) is 37.8 Å². The van der Waals surface area contributed by atoms with Gasteiger partial charge in [0.1, 0.15) is 10.6 Å². The number of halogens is 3. The van der Waals surface area contributed by atoms with Gasteiger partial charge in [0.25, 0.3) is 10.0 Å². The molecule has 0 spiro atoms. The van der Waals surface area contributed by atoms with Crippen LogP contribution >= 0.6 is 0 Å². The number of sulfonamides is 1. The van der Waals surface area contributed by atoms with Gasteiger partial charge in [0.15, 0.2) is 0 Å². The fourth-order valence-corrected chi connectivity index (χ4v) is 4.83. The van der Waals surface area contributed by atoms with Gasteiger partial charge in [-0.15, -0.1) is 0 Å². The molecule has 0 aliphatic heterocycles. The molecule has 6 nitrogen and oxygen atoms in total. The van der Waals surface area contributed by atoms with E-state index < -0.39 is 21.8 Å². The second-order valence-electron chi connectivity index (χ2n) is 7.45. The number of alkyl halides is 3. The molecule has 0 saturated heterocycles. The second kappa shape index (κ2) is 9.17. The van der Waals surface area contributed by atoms with Crippen molar-refractivity contribution in [3.05, 3.63) is 48.0 Å². The van der Waals surface area contributed by atoms with Crippen LogP contribution in [0.4, 0.5) is 24.5 Å². The lowest BCUT2D eigenvalue weighted by Crippen LogP contribution is -2.17. The average molecular weight is 456 g/mol. The quantitative estimate of drug-likeness (QED) is 0.612. The molecule has 2 aromatic carbocycles. The summed E-state index contributed by atoms with van der Waals surface area (Å²) in [7, 11) is -2.97. The zero-order valence-corrected chi connectivity index (χ0v) is 17.6. The van der Waals surface area contributed by atoms with Crippen LogP contribution in [0.3, 0.4) is 0 Å². The van der Waals surface area contributed by atoms with Gasteiger partial charge in [0.2, 0.25) is 5.91 Å². The Morgan fingerprint density at radius 2 is 1.81 bits per heavy atom. The number of benzene rings is 2. The first-order valence-corrected chi connectivity index (χ1v) is 11.2. The van der Waals surface area contributed by atoms with Crippen molar-refractivity contribution >= 4 is 27.3 Å². The minimum atomic E-state index is -4.60. The van der Waals surface area contributed by atoms with Crippen LogP contribution in [0.25, 0.3) is 0 Å². The summed E-state index contributed by atoms with van der Waals surface area (Å²) in [5.41, 5.74) is -0.830. The highest BCUT2D eigenvalue weighted by Crippen LogP contribution is 2.33. The molecular formula is C21H23F3N2O4S. The van der Waals surface area contributed by atoms with Crippen molar-refractivity contribution in [2.24, 2.45) is 5.92 Å². The van der Waals surface area contributed by atoms with Crippen LogP contribution in [-0.4, -0.2) is 21.4 Å². The van der Waals surface area contributed by atoms with E-state index in [-0.39, 0.29) is 22.2 Å². The Bertz CT molecular complexity index is 1050. The number of methoxy groups -OCH3 is 1. The van der Waals surface area contributed by atoms with E-state index in [0.29, 0.717) is 24.1 Å². The Morgan fingerprint density at radius 3 is 2.45 bits per heavy atom. The molecule has 1 amide bonds. The lowest BCUT2D eigenvalue weighted by atomic mass is 10.0. The third-order valence-electron chi connectivity index (χ3n) is 5.13. The van der Waals surface area contributed by atoms with E-state index in [2.05, 4.69) is 10.0 Å². The number of carbonyl (C=O) groups is 1. The van der Waals surface area contributed by atoms with Gasteiger partial charge in [-0.25, -0.2) is 8.42 Å². The molecular weight excluding hydrogens is 433 g/mol. The predicted octanol–water partition coefficient (Wildman–Crippen LogP) is 5.03. The maximum Gasteiger partial charge on any atom is 0.416 e. The van der Waals surface area contributed by atoms with Gasteiger partial charge < -0.3 is 10.1 Å². The standard InChI is InChI=1S/C21H23F3N2O4S/c1-30-18-13-16(25-20(27)11-14-5-2-3-6-14)9-10-19(18)31(28,29)26-17-8-4-7-15(12-17)21(22,23)24/h4,7-10,12-14,26H,2-3,5-6,11H2,1H3,(H,25,27). The number of hydrogen-bond acceptors (Lipinski definition) is 4. The molecule has 0 atom stereocenters. The second-order valence-corrected chi connectivity index (χ2v) is 9.10. The molecule has 0 bridgehead atoms. The third kappa shape index (κ3) is 5.90. The number of anilines is 2. The van der Waals surface area contributed by atoms with Crippen LogP contribution in [0, 0.1) is 5.92 Å². The van der Waals surface area contributed by atoms with E-state index in [9.17, 15) is 26.4 Å². The van der Waals surface area contributed by atoms with Gasteiger partial charge in [-0.1, -0.05) is 18.9 Å². The molecule has 2 aromatic rings. The fourth-order valence-electron chi connectivity index (χ4n) is 3.63. The molecule has 2 N–H and O–H groups in total. The summed E-state index contributed by atoms with van der Waals surface area (Å²) in [6, 6.07) is 7.91. The molecule has 0 heterocycles. The monoisotopic (exact) mass is 456 g/mol. The van der Waals surface area contributed by atoms with Crippen molar-refractivity contribution in [1.29, 1.82) is 0 Å². The molecule has 0 aromatic heterocycles. The summed E-state index contributed by atoms with van der Waals surface area (Å²) in [5.74, 6) is 0.156. The molecule has 1 fully saturated rings. The number of nitrogens with one attached hydrogen (secondary N) is 2. The summed E-state index contributed by atoms with van der Waals surface area (Å²) in [6.45, 7) is 0. The summed E-state index contributed by atoms with van der Waals surface area (Å²) in [5, 5.41) is 2.74. The molecule has 10 heteroatoms. The van der Waals surface area contributed by atoms with E-state index in [1.807, 2.05) is 0 Å². The molecule has 1 saturated carbocycles. The van der Waals surface area contributed by atoms with Gasteiger partial charge in [0.05, 0.1) is 12.7 Å². The minimum absolute atomic E-state index is 0.0434. The Morgan fingerprint density at radius 1 is 1.10 bits per heavy atom. The third-order valence-corrected chi connectivity index (χ3v) is 6.55. The van der Waals surface area contributed by atoms with Gasteiger partial charge >= 0.3 is 6.18 Å². The summed E-state index contributed by atoms with van der Waals surface area (Å²) in [6.07, 6.45) is 0.0929. The smallest absolute Gasteiger partial charge is 0.416 e. The van der Waals surface area contributed by atoms with E-state index in [1.54, 1.807) is 0 Å². The molecule has 31 heavy (non-hydrogen) atoms. The first-order chi connectivity index (χ1) is 14.6. The zero-order chi connectivity index (χ0) is 22.6. The van der Waals surface area contributed by atoms with Crippen LogP contribution in [-0.2, 0) is 21.0 Å². The summed E-state index contributed by atoms with van der Waals surface area (Å²) < 4.78 is 71.4. The highest BCUT2D eigenvalue weighted by Gasteiger charge is 2.31. The van der Waals surface area contributed by atoms with E-state index in [4.69, 9.17) is 4.74 Å². The van der Waals surface area contributed by atoms with Crippen molar-refractivity contribution in [3.63, 3.8) is 0 Å². The average Bonchev–Trinajstić information content (AvgIpc) is 3.19. The summed E-state index contributed by atoms with van der Waals surface area (Å²) >= 11 is 0. The van der Waals surface area contributed by atoms with Gasteiger partial charge in [-0.2, -0.15) is 13.2 Å². The summed E-state index contributed by atoms with van der Waals surface area (Å²) in [4.78, 5) is 12.0. The van der Waals surface area contributed by atoms with Crippen molar-refractivity contribution in [2.45, 2.75) is 43.2 Å². The number of rotatable bonds is 7. The normalized spacial score (nSPS) is 15.0. The van der Waals surface area contributed by atoms with Crippen LogP contribution in [0.15, 0.2) is 47.4 Å². The fraction of sp³-hybridized carbons (Fsp3) is 0.381.